The summed E-state index contributed by atoms with van der Waals surface area (Å²) >= 11 is 0. The predicted octanol–water partition coefficient (Wildman–Crippen LogP) is 2.40. The summed E-state index contributed by atoms with van der Waals surface area (Å²) in [6, 6.07) is 4.18. The molecule has 2 N–H and O–H groups in total. The summed E-state index contributed by atoms with van der Waals surface area (Å²) in [5.74, 6) is 0.348. The zero-order chi connectivity index (χ0) is 12.3. The average Bonchev–Trinajstić information content (AvgIpc) is 2.81. The third-order valence-electron chi connectivity index (χ3n) is 3.13. The van der Waals surface area contributed by atoms with E-state index < -0.39 is 0 Å². The topological polar surface area (TPSA) is 44.5 Å². The molecule has 2 rings (SSSR count). The Hall–Kier alpha value is -1.13. The Bertz CT molecular complexity index is 378. The molecule has 1 heterocycles. The average molecular weight is 239 g/mol. The minimum atomic E-state index is -0.288. The number of benzene rings is 1. The summed E-state index contributed by atoms with van der Waals surface area (Å²) in [5, 5.41) is 0. The minimum absolute atomic E-state index is 0.193. The summed E-state index contributed by atoms with van der Waals surface area (Å²) in [6.07, 6.45) is 3.01. The summed E-state index contributed by atoms with van der Waals surface area (Å²) in [5.41, 5.74) is 6.80. The Balaban J connectivity index is 2.11. The Morgan fingerprint density at radius 1 is 1.59 bits per heavy atom. The van der Waals surface area contributed by atoms with Crippen molar-refractivity contribution in [2.45, 2.75) is 31.4 Å². The summed E-state index contributed by atoms with van der Waals surface area (Å²) in [4.78, 5) is 0. The van der Waals surface area contributed by atoms with Crippen molar-refractivity contribution in [2.75, 3.05) is 13.7 Å². The summed E-state index contributed by atoms with van der Waals surface area (Å²) in [7, 11) is 1.57. The standard InChI is InChI=1S/C13H18FNO2/c1-16-13-5-4-9(14)7-11(13)12(15)8-10-3-2-6-17-10/h4-5,7,10,12H,2-3,6,8,15H2,1H3. The van der Waals surface area contributed by atoms with Gasteiger partial charge in [-0.15, -0.1) is 0 Å². The van der Waals surface area contributed by atoms with Crippen molar-refractivity contribution in [3.8, 4) is 5.75 Å². The predicted molar refractivity (Wildman–Crippen MR) is 63.5 cm³/mol. The lowest BCUT2D eigenvalue weighted by atomic mass is 9.99. The van der Waals surface area contributed by atoms with Crippen LogP contribution >= 0.6 is 0 Å². The Morgan fingerprint density at radius 2 is 2.41 bits per heavy atom. The number of nitrogens with two attached hydrogens (primary N) is 1. The normalized spacial score (nSPS) is 21.5. The number of ether oxygens (including phenoxy) is 2. The molecule has 1 fully saturated rings. The molecule has 1 aromatic rings. The molecule has 0 bridgehead atoms. The van der Waals surface area contributed by atoms with Crippen LogP contribution in [0.4, 0.5) is 4.39 Å². The van der Waals surface area contributed by atoms with Crippen molar-refractivity contribution in [2.24, 2.45) is 5.73 Å². The van der Waals surface area contributed by atoms with Gasteiger partial charge in [0.05, 0.1) is 13.2 Å². The minimum Gasteiger partial charge on any atom is -0.496 e. The van der Waals surface area contributed by atoms with Crippen molar-refractivity contribution in [3.05, 3.63) is 29.6 Å². The van der Waals surface area contributed by atoms with Gasteiger partial charge in [-0.1, -0.05) is 0 Å². The third kappa shape index (κ3) is 2.96. The van der Waals surface area contributed by atoms with E-state index in [0.29, 0.717) is 17.7 Å². The first-order chi connectivity index (χ1) is 8.20. The first-order valence-corrected chi connectivity index (χ1v) is 5.91. The fourth-order valence-corrected chi connectivity index (χ4v) is 2.24. The largest absolute Gasteiger partial charge is 0.496 e. The smallest absolute Gasteiger partial charge is 0.123 e. The van der Waals surface area contributed by atoms with Gasteiger partial charge in [0.25, 0.3) is 0 Å². The van der Waals surface area contributed by atoms with Crippen LogP contribution in [0.1, 0.15) is 30.9 Å². The van der Waals surface area contributed by atoms with Gasteiger partial charge in [0, 0.05) is 18.2 Å². The van der Waals surface area contributed by atoms with Crippen LogP contribution < -0.4 is 10.5 Å². The fraction of sp³-hybridized carbons (Fsp3) is 0.538. The van der Waals surface area contributed by atoms with Gasteiger partial charge in [0.1, 0.15) is 11.6 Å². The molecule has 1 aromatic carbocycles. The van der Waals surface area contributed by atoms with Crippen molar-refractivity contribution in [1.82, 2.24) is 0 Å². The van der Waals surface area contributed by atoms with Gasteiger partial charge in [0.15, 0.2) is 0 Å². The molecule has 2 unspecified atom stereocenters. The monoisotopic (exact) mass is 239 g/mol. The zero-order valence-corrected chi connectivity index (χ0v) is 9.99. The van der Waals surface area contributed by atoms with Gasteiger partial charge in [-0.2, -0.15) is 0 Å². The van der Waals surface area contributed by atoms with Crippen LogP contribution in [0.5, 0.6) is 5.75 Å². The molecule has 0 spiro atoms. The van der Waals surface area contributed by atoms with Crippen LogP contribution in [0.2, 0.25) is 0 Å². The molecule has 3 nitrogen and oxygen atoms in total. The van der Waals surface area contributed by atoms with E-state index in [9.17, 15) is 4.39 Å². The second-order valence-electron chi connectivity index (χ2n) is 4.36. The number of hydrogen-bond acceptors (Lipinski definition) is 3. The van der Waals surface area contributed by atoms with Crippen LogP contribution in [0.25, 0.3) is 0 Å². The van der Waals surface area contributed by atoms with Gasteiger partial charge >= 0.3 is 0 Å². The summed E-state index contributed by atoms with van der Waals surface area (Å²) < 4.78 is 23.9. The van der Waals surface area contributed by atoms with Gasteiger partial charge in [-0.25, -0.2) is 4.39 Å². The highest BCUT2D eigenvalue weighted by Gasteiger charge is 2.21. The van der Waals surface area contributed by atoms with Crippen molar-refractivity contribution in [1.29, 1.82) is 0 Å². The maximum Gasteiger partial charge on any atom is 0.123 e. The highest BCUT2D eigenvalue weighted by atomic mass is 19.1. The molecule has 0 aliphatic carbocycles. The van der Waals surface area contributed by atoms with E-state index in [1.54, 1.807) is 13.2 Å². The van der Waals surface area contributed by atoms with E-state index in [0.717, 1.165) is 19.4 Å². The summed E-state index contributed by atoms with van der Waals surface area (Å²) in [6.45, 7) is 0.803. The van der Waals surface area contributed by atoms with E-state index in [4.69, 9.17) is 15.2 Å². The van der Waals surface area contributed by atoms with Crippen LogP contribution in [0.3, 0.4) is 0 Å². The van der Waals surface area contributed by atoms with Crippen LogP contribution in [0.15, 0.2) is 18.2 Å². The van der Waals surface area contributed by atoms with Crippen molar-refractivity contribution < 1.29 is 13.9 Å². The lowest BCUT2D eigenvalue weighted by molar-refractivity contribution is 0.0981. The van der Waals surface area contributed by atoms with Gasteiger partial charge in [-0.3, -0.25) is 0 Å². The van der Waals surface area contributed by atoms with Crippen molar-refractivity contribution >= 4 is 0 Å². The highest BCUT2D eigenvalue weighted by Crippen LogP contribution is 2.29. The molecule has 4 heteroatoms. The van der Waals surface area contributed by atoms with Gasteiger partial charge < -0.3 is 15.2 Å². The second kappa shape index (κ2) is 5.47. The Morgan fingerprint density at radius 3 is 3.06 bits per heavy atom. The number of hydrogen-bond donors (Lipinski definition) is 1. The molecule has 17 heavy (non-hydrogen) atoms. The first-order valence-electron chi connectivity index (χ1n) is 5.91. The van der Waals surface area contributed by atoms with E-state index in [1.165, 1.54) is 12.1 Å². The lowest BCUT2D eigenvalue weighted by Gasteiger charge is -2.18. The number of halogens is 1. The maximum atomic E-state index is 13.2. The van der Waals surface area contributed by atoms with E-state index in [2.05, 4.69) is 0 Å². The second-order valence-corrected chi connectivity index (χ2v) is 4.36. The number of rotatable bonds is 4. The first kappa shape index (κ1) is 12.3. The van der Waals surface area contributed by atoms with Crippen LogP contribution in [0, 0.1) is 5.82 Å². The van der Waals surface area contributed by atoms with Crippen molar-refractivity contribution in [3.63, 3.8) is 0 Å². The zero-order valence-electron chi connectivity index (χ0n) is 9.99. The third-order valence-corrected chi connectivity index (χ3v) is 3.13. The molecule has 1 aliphatic heterocycles. The van der Waals surface area contributed by atoms with E-state index in [1.807, 2.05) is 0 Å². The lowest BCUT2D eigenvalue weighted by Crippen LogP contribution is -2.19. The molecule has 0 amide bonds. The van der Waals surface area contributed by atoms with E-state index >= 15 is 0 Å². The molecule has 2 atom stereocenters. The van der Waals surface area contributed by atoms with Crippen LogP contribution in [-0.2, 0) is 4.74 Å². The molecule has 1 aliphatic rings. The number of methoxy groups -OCH3 is 1. The highest BCUT2D eigenvalue weighted by molar-refractivity contribution is 5.36. The Kier molecular flexibility index (Phi) is 3.97. The molecule has 0 aromatic heterocycles. The maximum absolute atomic E-state index is 13.2. The fourth-order valence-electron chi connectivity index (χ4n) is 2.24. The van der Waals surface area contributed by atoms with Crippen LogP contribution in [-0.4, -0.2) is 19.8 Å². The van der Waals surface area contributed by atoms with E-state index in [-0.39, 0.29) is 18.0 Å². The van der Waals surface area contributed by atoms with Gasteiger partial charge in [-0.05, 0) is 37.5 Å². The Labute approximate surface area is 101 Å². The molecule has 1 saturated heterocycles. The van der Waals surface area contributed by atoms with Gasteiger partial charge in [0.2, 0.25) is 0 Å². The molecular weight excluding hydrogens is 221 g/mol. The molecular formula is C13H18FNO2. The molecule has 0 radical (unpaired) electrons. The SMILES string of the molecule is COc1ccc(F)cc1C(N)CC1CCCO1. The molecule has 94 valence electrons. The molecule has 0 saturated carbocycles. The quantitative estimate of drug-likeness (QED) is 0.877.